The summed E-state index contributed by atoms with van der Waals surface area (Å²) in [6.45, 7) is 0. The lowest BCUT2D eigenvalue weighted by Crippen LogP contribution is -2.21. The number of halogens is 1. The summed E-state index contributed by atoms with van der Waals surface area (Å²) in [5.74, 6) is 0.230. The molecule has 0 saturated heterocycles. The fourth-order valence-corrected chi connectivity index (χ4v) is 3.27. The molecule has 1 aromatic carbocycles. The Hall–Kier alpha value is -1.87. The number of carbonyl (C=O) groups is 1. The van der Waals surface area contributed by atoms with Crippen LogP contribution >= 0.6 is 11.6 Å². The van der Waals surface area contributed by atoms with Gasteiger partial charge in [-0.2, -0.15) is 0 Å². The zero-order chi connectivity index (χ0) is 13.0. The molecule has 4 heteroatoms. The largest absolute Gasteiger partial charge is 0.325 e. The molecule has 0 radical (unpaired) electrons. The van der Waals surface area contributed by atoms with Gasteiger partial charge < -0.3 is 5.32 Å². The molecule has 2 aliphatic rings. The number of nitrogens with one attached hydrogen (secondary N) is 1. The average molecular weight is 271 g/mol. The van der Waals surface area contributed by atoms with E-state index in [2.05, 4.69) is 10.3 Å². The van der Waals surface area contributed by atoms with Gasteiger partial charge in [0.15, 0.2) is 0 Å². The second kappa shape index (κ2) is 3.58. The van der Waals surface area contributed by atoms with E-state index in [1.807, 2.05) is 30.3 Å². The van der Waals surface area contributed by atoms with E-state index in [1.54, 1.807) is 12.3 Å². The number of hydrogen-bond acceptors (Lipinski definition) is 2. The summed E-state index contributed by atoms with van der Waals surface area (Å²) < 4.78 is 0. The van der Waals surface area contributed by atoms with Crippen LogP contribution in [-0.2, 0) is 10.2 Å². The van der Waals surface area contributed by atoms with Gasteiger partial charge in [-0.25, -0.2) is 0 Å². The maximum Gasteiger partial charge on any atom is 0.235 e. The first-order valence-corrected chi connectivity index (χ1v) is 6.62. The Morgan fingerprint density at radius 3 is 3.00 bits per heavy atom. The zero-order valence-corrected chi connectivity index (χ0v) is 10.8. The molecular weight excluding hydrogens is 260 g/mol. The molecule has 4 rings (SSSR count). The average Bonchev–Trinajstić information content (AvgIpc) is 3.12. The van der Waals surface area contributed by atoms with Crippen LogP contribution in [0, 0.1) is 0 Å². The van der Waals surface area contributed by atoms with Crippen LogP contribution in [0.15, 0.2) is 42.6 Å². The molecule has 19 heavy (non-hydrogen) atoms. The topological polar surface area (TPSA) is 42.0 Å². The second-order valence-corrected chi connectivity index (χ2v) is 5.56. The Kier molecular flexibility index (Phi) is 2.07. The number of carbonyl (C=O) groups excluding carboxylic acids is 1. The van der Waals surface area contributed by atoms with Crippen molar-refractivity contribution in [1.82, 2.24) is 4.98 Å². The summed E-state index contributed by atoms with van der Waals surface area (Å²) in [7, 11) is 0. The molecule has 2 heterocycles. The van der Waals surface area contributed by atoms with Crippen molar-refractivity contribution in [3.63, 3.8) is 0 Å². The first kappa shape index (κ1) is 11.0. The highest BCUT2D eigenvalue weighted by Crippen LogP contribution is 2.64. The molecule has 0 bridgehead atoms. The number of hydrogen-bond donors (Lipinski definition) is 1. The molecule has 2 unspecified atom stereocenters. The fourth-order valence-electron chi connectivity index (χ4n) is 3.10. The lowest BCUT2D eigenvalue weighted by atomic mass is 9.93. The van der Waals surface area contributed by atoms with Crippen molar-refractivity contribution >= 4 is 23.2 Å². The summed E-state index contributed by atoms with van der Waals surface area (Å²) in [4.78, 5) is 16.7. The van der Waals surface area contributed by atoms with E-state index in [9.17, 15) is 4.79 Å². The molecule has 1 aliphatic heterocycles. The van der Waals surface area contributed by atoms with Crippen molar-refractivity contribution in [2.24, 2.45) is 0 Å². The fraction of sp³-hybridized carbons (Fsp3) is 0.200. The predicted octanol–water partition coefficient (Wildman–Crippen LogP) is 3.11. The summed E-state index contributed by atoms with van der Waals surface area (Å²) in [5.41, 5.74) is 2.42. The molecule has 1 aliphatic carbocycles. The number of fused-ring (bicyclic) bond motifs is 2. The van der Waals surface area contributed by atoms with Crippen molar-refractivity contribution in [3.05, 3.63) is 58.9 Å². The summed E-state index contributed by atoms with van der Waals surface area (Å²) in [5, 5.41) is 3.62. The summed E-state index contributed by atoms with van der Waals surface area (Å²) >= 11 is 6.07. The summed E-state index contributed by atoms with van der Waals surface area (Å²) in [6, 6.07) is 11.4. The molecule has 1 saturated carbocycles. The Labute approximate surface area is 115 Å². The van der Waals surface area contributed by atoms with Crippen molar-refractivity contribution < 1.29 is 4.79 Å². The number of anilines is 1. The van der Waals surface area contributed by atoms with E-state index in [1.165, 1.54) is 0 Å². The molecule has 2 aromatic rings. The van der Waals surface area contributed by atoms with Crippen molar-refractivity contribution in [2.45, 2.75) is 17.8 Å². The van der Waals surface area contributed by atoms with Crippen LogP contribution in [0.4, 0.5) is 5.69 Å². The normalized spacial score (nSPS) is 27.2. The van der Waals surface area contributed by atoms with Gasteiger partial charge in [-0.15, -0.1) is 0 Å². The van der Waals surface area contributed by atoms with E-state index in [0.717, 1.165) is 23.4 Å². The van der Waals surface area contributed by atoms with Crippen LogP contribution in [-0.4, -0.2) is 10.9 Å². The van der Waals surface area contributed by atoms with Crippen molar-refractivity contribution in [2.75, 3.05) is 5.32 Å². The monoisotopic (exact) mass is 270 g/mol. The smallest absolute Gasteiger partial charge is 0.235 e. The lowest BCUT2D eigenvalue weighted by molar-refractivity contribution is -0.118. The molecule has 1 amide bonds. The molecule has 1 aromatic heterocycles. The number of aromatic nitrogens is 1. The van der Waals surface area contributed by atoms with Crippen molar-refractivity contribution in [3.8, 4) is 0 Å². The number of amides is 1. The van der Waals surface area contributed by atoms with Crippen LogP contribution in [0.25, 0.3) is 0 Å². The number of rotatable bonds is 1. The number of nitrogens with zero attached hydrogens (tertiary/aromatic N) is 1. The number of benzene rings is 1. The van der Waals surface area contributed by atoms with E-state index in [0.29, 0.717) is 5.02 Å². The maximum absolute atomic E-state index is 12.3. The van der Waals surface area contributed by atoms with E-state index >= 15 is 0 Å². The first-order chi connectivity index (χ1) is 9.22. The van der Waals surface area contributed by atoms with Crippen LogP contribution in [0.5, 0.6) is 0 Å². The van der Waals surface area contributed by atoms with Gasteiger partial charge in [0.1, 0.15) is 0 Å². The molecule has 1 spiro atoms. The zero-order valence-electron chi connectivity index (χ0n) is 10.1. The standard InChI is InChI=1S/C15H11ClN2O/c16-9-4-5-13-10(7-9)15(14(19)18-13)8-11(15)12-3-1-2-6-17-12/h1-7,11H,8H2,(H,18,19). The number of pyridine rings is 1. The quantitative estimate of drug-likeness (QED) is 0.865. The van der Waals surface area contributed by atoms with E-state index < -0.39 is 5.41 Å². The molecular formula is C15H11ClN2O. The Balaban J connectivity index is 1.82. The van der Waals surface area contributed by atoms with Crippen LogP contribution in [0.2, 0.25) is 5.02 Å². The predicted molar refractivity (Wildman–Crippen MR) is 73.4 cm³/mol. The molecule has 1 N–H and O–H groups in total. The lowest BCUT2D eigenvalue weighted by Gasteiger charge is -2.08. The SMILES string of the molecule is O=C1Nc2ccc(Cl)cc2C12CC2c1ccccn1. The van der Waals surface area contributed by atoms with Gasteiger partial charge in [-0.1, -0.05) is 17.7 Å². The molecule has 94 valence electrons. The Morgan fingerprint density at radius 1 is 1.32 bits per heavy atom. The molecule has 1 fully saturated rings. The van der Waals surface area contributed by atoms with E-state index in [-0.39, 0.29) is 11.8 Å². The van der Waals surface area contributed by atoms with Gasteiger partial charge >= 0.3 is 0 Å². The first-order valence-electron chi connectivity index (χ1n) is 6.24. The maximum atomic E-state index is 12.3. The molecule has 3 nitrogen and oxygen atoms in total. The van der Waals surface area contributed by atoms with Gasteiger partial charge in [0.25, 0.3) is 0 Å². The highest BCUT2D eigenvalue weighted by atomic mass is 35.5. The third kappa shape index (κ3) is 1.39. The van der Waals surface area contributed by atoms with E-state index in [4.69, 9.17) is 11.6 Å². The Bertz CT molecular complexity index is 686. The Morgan fingerprint density at radius 2 is 2.21 bits per heavy atom. The van der Waals surface area contributed by atoms with Crippen LogP contribution in [0.3, 0.4) is 0 Å². The minimum Gasteiger partial charge on any atom is -0.325 e. The molecule has 2 atom stereocenters. The third-order valence-corrected chi connectivity index (χ3v) is 4.36. The van der Waals surface area contributed by atoms with Crippen LogP contribution < -0.4 is 5.32 Å². The summed E-state index contributed by atoms with van der Waals surface area (Å²) in [6.07, 6.45) is 2.58. The van der Waals surface area contributed by atoms with Gasteiger partial charge in [0, 0.05) is 28.5 Å². The minimum absolute atomic E-state index is 0.0698. The van der Waals surface area contributed by atoms with Gasteiger partial charge in [-0.3, -0.25) is 9.78 Å². The highest BCUT2D eigenvalue weighted by molar-refractivity contribution is 6.31. The van der Waals surface area contributed by atoms with Gasteiger partial charge in [0.2, 0.25) is 5.91 Å². The van der Waals surface area contributed by atoms with Gasteiger partial charge in [-0.05, 0) is 42.3 Å². The third-order valence-electron chi connectivity index (χ3n) is 4.12. The minimum atomic E-state index is -0.450. The van der Waals surface area contributed by atoms with Crippen molar-refractivity contribution in [1.29, 1.82) is 0 Å². The highest BCUT2D eigenvalue weighted by Gasteiger charge is 2.65. The van der Waals surface area contributed by atoms with Crippen LogP contribution in [0.1, 0.15) is 23.6 Å². The second-order valence-electron chi connectivity index (χ2n) is 5.13. The van der Waals surface area contributed by atoms with Gasteiger partial charge in [0.05, 0.1) is 5.41 Å².